The molecule has 0 saturated carbocycles. The van der Waals surface area contributed by atoms with E-state index in [0.717, 1.165) is 29.8 Å². The van der Waals surface area contributed by atoms with Gasteiger partial charge in [0, 0.05) is 34.9 Å². The molecule has 0 fully saturated rings. The summed E-state index contributed by atoms with van der Waals surface area (Å²) in [5.74, 6) is 0.728. The Kier molecular flexibility index (Phi) is 4.29. The van der Waals surface area contributed by atoms with E-state index in [1.807, 2.05) is 35.2 Å². The van der Waals surface area contributed by atoms with Gasteiger partial charge in [-0.2, -0.15) is 0 Å². The van der Waals surface area contributed by atoms with Crippen LogP contribution in [0.25, 0.3) is 10.9 Å². The van der Waals surface area contributed by atoms with E-state index < -0.39 is 0 Å². The Morgan fingerprint density at radius 2 is 2.12 bits per heavy atom. The molecule has 0 bridgehead atoms. The predicted octanol–water partition coefficient (Wildman–Crippen LogP) is 4.72. The maximum absolute atomic E-state index is 12.9. The van der Waals surface area contributed by atoms with Crippen molar-refractivity contribution < 1.29 is 9.53 Å². The standard InChI is InChI=1S/C21H23N3O2/c1-3-19-20-17(16-9-4-5-10-18(16)23-20)11-12-24(19)21(25)22-14-7-6-8-15(13-14)26-2/h4-10,13,19,23H,3,11-12H2,1-2H3,(H,22,25)/t19-/m0/s1. The number of hydrogen-bond donors (Lipinski definition) is 2. The summed E-state index contributed by atoms with van der Waals surface area (Å²) in [7, 11) is 1.62. The predicted molar refractivity (Wildman–Crippen MR) is 104 cm³/mol. The molecule has 5 heteroatoms. The fourth-order valence-electron chi connectivity index (χ4n) is 3.88. The van der Waals surface area contributed by atoms with Gasteiger partial charge in [0.1, 0.15) is 5.75 Å². The lowest BCUT2D eigenvalue weighted by molar-refractivity contribution is 0.179. The Balaban J connectivity index is 1.61. The summed E-state index contributed by atoms with van der Waals surface area (Å²) in [5, 5.41) is 4.28. The number of aromatic nitrogens is 1. The van der Waals surface area contributed by atoms with Gasteiger partial charge in [-0.3, -0.25) is 0 Å². The first kappa shape index (κ1) is 16.5. The number of ether oxygens (including phenoxy) is 1. The third-order valence-electron chi connectivity index (χ3n) is 5.13. The summed E-state index contributed by atoms with van der Waals surface area (Å²) < 4.78 is 5.23. The van der Waals surface area contributed by atoms with E-state index in [2.05, 4.69) is 35.4 Å². The molecule has 3 aromatic rings. The fraction of sp³-hybridized carbons (Fsp3) is 0.286. The highest BCUT2D eigenvalue weighted by molar-refractivity contribution is 5.91. The Hall–Kier alpha value is -2.95. The second-order valence-corrected chi connectivity index (χ2v) is 6.59. The summed E-state index contributed by atoms with van der Waals surface area (Å²) in [4.78, 5) is 18.4. The molecule has 0 saturated heterocycles. The lowest BCUT2D eigenvalue weighted by Crippen LogP contribution is -2.42. The van der Waals surface area contributed by atoms with Crippen LogP contribution in [0.5, 0.6) is 5.75 Å². The highest BCUT2D eigenvalue weighted by Crippen LogP contribution is 2.36. The summed E-state index contributed by atoms with van der Waals surface area (Å²) in [6, 6.07) is 15.8. The number of amides is 2. The number of carbonyl (C=O) groups excluding carboxylic acids is 1. The lowest BCUT2D eigenvalue weighted by Gasteiger charge is -2.35. The van der Waals surface area contributed by atoms with Crippen molar-refractivity contribution in [3.8, 4) is 5.75 Å². The van der Waals surface area contributed by atoms with Crippen LogP contribution in [0.3, 0.4) is 0 Å². The van der Waals surface area contributed by atoms with Crippen molar-refractivity contribution in [2.24, 2.45) is 0 Å². The van der Waals surface area contributed by atoms with Crippen LogP contribution in [0.15, 0.2) is 48.5 Å². The van der Waals surface area contributed by atoms with E-state index >= 15 is 0 Å². The second kappa shape index (κ2) is 6.75. The van der Waals surface area contributed by atoms with Crippen LogP contribution in [0, 0.1) is 0 Å². The molecule has 26 heavy (non-hydrogen) atoms. The van der Waals surface area contributed by atoms with E-state index in [4.69, 9.17) is 4.74 Å². The number of nitrogens with zero attached hydrogens (tertiary/aromatic N) is 1. The van der Waals surface area contributed by atoms with Gasteiger partial charge in [0.2, 0.25) is 0 Å². The van der Waals surface area contributed by atoms with Crippen molar-refractivity contribution in [3.63, 3.8) is 0 Å². The molecule has 1 aliphatic heterocycles. The Bertz CT molecular complexity index is 947. The SMILES string of the molecule is CC[C@H]1c2[nH]c3ccccc3c2CCN1C(=O)Nc1cccc(OC)c1. The number of para-hydroxylation sites is 1. The molecule has 2 heterocycles. The normalized spacial score (nSPS) is 16.4. The molecule has 4 rings (SSSR count). The largest absolute Gasteiger partial charge is 0.497 e. The van der Waals surface area contributed by atoms with Crippen LogP contribution < -0.4 is 10.1 Å². The zero-order chi connectivity index (χ0) is 18.1. The Morgan fingerprint density at radius 3 is 2.92 bits per heavy atom. The number of hydrogen-bond acceptors (Lipinski definition) is 2. The second-order valence-electron chi connectivity index (χ2n) is 6.59. The molecule has 0 spiro atoms. The molecule has 1 aliphatic rings. The van der Waals surface area contributed by atoms with Gasteiger partial charge in [0.05, 0.1) is 13.2 Å². The Labute approximate surface area is 153 Å². The molecular formula is C21H23N3O2. The summed E-state index contributed by atoms with van der Waals surface area (Å²) >= 11 is 0. The van der Waals surface area contributed by atoms with Crippen LogP contribution in [0.1, 0.15) is 30.6 Å². The van der Waals surface area contributed by atoms with Crippen molar-refractivity contribution in [3.05, 3.63) is 59.8 Å². The highest BCUT2D eigenvalue weighted by atomic mass is 16.5. The smallest absolute Gasteiger partial charge is 0.322 e. The zero-order valence-electron chi connectivity index (χ0n) is 15.1. The number of nitrogens with one attached hydrogen (secondary N) is 2. The first-order chi connectivity index (χ1) is 12.7. The van der Waals surface area contributed by atoms with Gasteiger partial charge in [-0.25, -0.2) is 4.79 Å². The van der Waals surface area contributed by atoms with Gasteiger partial charge in [-0.15, -0.1) is 0 Å². The van der Waals surface area contributed by atoms with Crippen LogP contribution in [-0.2, 0) is 6.42 Å². The topological polar surface area (TPSA) is 57.4 Å². The number of benzene rings is 2. The summed E-state index contributed by atoms with van der Waals surface area (Å²) in [6.07, 6.45) is 1.73. The maximum Gasteiger partial charge on any atom is 0.322 e. The average molecular weight is 349 g/mol. The highest BCUT2D eigenvalue weighted by Gasteiger charge is 2.32. The zero-order valence-corrected chi connectivity index (χ0v) is 15.1. The number of anilines is 1. The van der Waals surface area contributed by atoms with Gasteiger partial charge in [0.25, 0.3) is 0 Å². The Morgan fingerprint density at radius 1 is 1.27 bits per heavy atom. The molecule has 1 atom stereocenters. The molecule has 0 unspecified atom stereocenters. The van der Waals surface area contributed by atoms with E-state index in [1.54, 1.807) is 7.11 Å². The molecule has 134 valence electrons. The van der Waals surface area contributed by atoms with E-state index in [0.29, 0.717) is 6.54 Å². The van der Waals surface area contributed by atoms with Crippen LogP contribution in [-0.4, -0.2) is 29.6 Å². The third kappa shape index (κ3) is 2.79. The third-order valence-corrected chi connectivity index (χ3v) is 5.13. The summed E-state index contributed by atoms with van der Waals surface area (Å²) in [6.45, 7) is 2.83. The van der Waals surface area contributed by atoms with Crippen molar-refractivity contribution in [1.82, 2.24) is 9.88 Å². The number of fused-ring (bicyclic) bond motifs is 3. The molecule has 2 amide bonds. The number of urea groups is 1. The number of H-pyrrole nitrogens is 1. The first-order valence-corrected chi connectivity index (χ1v) is 9.02. The molecule has 5 nitrogen and oxygen atoms in total. The van der Waals surface area contributed by atoms with Crippen molar-refractivity contribution in [2.45, 2.75) is 25.8 Å². The van der Waals surface area contributed by atoms with Gasteiger partial charge >= 0.3 is 6.03 Å². The molecular weight excluding hydrogens is 326 g/mol. The lowest BCUT2D eigenvalue weighted by atomic mass is 9.96. The van der Waals surface area contributed by atoms with Crippen LogP contribution >= 0.6 is 0 Å². The van der Waals surface area contributed by atoms with Gasteiger partial charge < -0.3 is 19.9 Å². The minimum Gasteiger partial charge on any atom is -0.497 e. The number of carbonyl (C=O) groups is 1. The van der Waals surface area contributed by atoms with Gasteiger partial charge in [0.15, 0.2) is 0 Å². The number of rotatable bonds is 3. The fourth-order valence-corrected chi connectivity index (χ4v) is 3.88. The van der Waals surface area contributed by atoms with Gasteiger partial charge in [-0.05, 0) is 36.6 Å². The first-order valence-electron chi connectivity index (χ1n) is 9.02. The molecule has 2 aromatic carbocycles. The van der Waals surface area contributed by atoms with Crippen molar-refractivity contribution in [1.29, 1.82) is 0 Å². The summed E-state index contributed by atoms with van der Waals surface area (Å²) in [5.41, 5.74) is 4.40. The van der Waals surface area contributed by atoms with Crippen molar-refractivity contribution in [2.75, 3.05) is 19.0 Å². The maximum atomic E-state index is 12.9. The van der Waals surface area contributed by atoms with E-state index in [-0.39, 0.29) is 12.1 Å². The average Bonchev–Trinajstić information content (AvgIpc) is 3.06. The quantitative estimate of drug-likeness (QED) is 0.719. The number of methoxy groups -OCH3 is 1. The monoisotopic (exact) mass is 349 g/mol. The van der Waals surface area contributed by atoms with E-state index in [9.17, 15) is 4.79 Å². The van der Waals surface area contributed by atoms with Crippen molar-refractivity contribution >= 4 is 22.6 Å². The van der Waals surface area contributed by atoms with Gasteiger partial charge in [-0.1, -0.05) is 31.2 Å². The minimum atomic E-state index is -0.0746. The molecule has 0 radical (unpaired) electrons. The number of aromatic amines is 1. The molecule has 1 aromatic heterocycles. The molecule has 2 N–H and O–H groups in total. The molecule has 0 aliphatic carbocycles. The van der Waals surface area contributed by atoms with Crippen LogP contribution in [0.2, 0.25) is 0 Å². The van der Waals surface area contributed by atoms with E-state index in [1.165, 1.54) is 16.6 Å². The van der Waals surface area contributed by atoms with Crippen LogP contribution in [0.4, 0.5) is 10.5 Å². The minimum absolute atomic E-state index is 0.0526.